The van der Waals surface area contributed by atoms with Gasteiger partial charge in [-0.25, -0.2) is 0 Å². The first-order chi connectivity index (χ1) is 46.5. The molecule has 5 aromatic rings. The van der Waals surface area contributed by atoms with Gasteiger partial charge in [0.25, 0.3) is 0 Å². The molecule has 592 valence electrons. The summed E-state index contributed by atoms with van der Waals surface area (Å²) in [5.41, 5.74) is -4.90. The molecule has 0 fully saturated rings. The molecule has 0 aliphatic carbocycles. The zero-order valence-electron chi connectivity index (χ0n) is 47.7. The molecule has 0 atom stereocenters. The summed E-state index contributed by atoms with van der Waals surface area (Å²) in [5, 5.41) is -1.62. The van der Waals surface area contributed by atoms with Gasteiger partial charge in [0.2, 0.25) is 11.9 Å². The van der Waals surface area contributed by atoms with Gasteiger partial charge in [-0.1, -0.05) is 36.4 Å². The molecule has 3 aromatic carbocycles. The number of fused-ring (bicyclic) bond motifs is 1. The monoisotopic (exact) mass is 1630 g/mol. The van der Waals surface area contributed by atoms with Crippen LogP contribution in [0.1, 0.15) is 0 Å². The fraction of sp³-hybridized carbons (Fsp3) is 0.532. The lowest BCUT2D eigenvalue weighted by Crippen LogP contribution is -2.70. The van der Waals surface area contributed by atoms with Crippen LogP contribution in [-0.2, 0) is 0 Å². The zero-order valence-corrected chi connectivity index (χ0v) is 47.7. The van der Waals surface area contributed by atoms with Gasteiger partial charge >= 0.3 is 149 Å². The number of nitrogens with zero attached hydrogens (tertiary/aromatic N) is 8. The van der Waals surface area contributed by atoms with Crippen LogP contribution in [0.15, 0.2) is 60.7 Å². The van der Waals surface area contributed by atoms with Crippen LogP contribution < -0.4 is 28.7 Å². The average molecular weight is 1630 g/mol. The van der Waals surface area contributed by atoms with Crippen LogP contribution in [0.4, 0.5) is 237 Å². The van der Waals surface area contributed by atoms with E-state index in [1.807, 2.05) is 0 Å². The maximum atomic E-state index is 15.2. The third-order valence-electron chi connectivity index (χ3n) is 13.6. The van der Waals surface area contributed by atoms with E-state index in [4.69, 9.17) is 0 Å². The minimum absolute atomic E-state index is 0.0320. The smallest absolute Gasteiger partial charge is 0.457 e. The Morgan fingerprint density at radius 3 is 0.638 bits per heavy atom. The summed E-state index contributed by atoms with van der Waals surface area (Å²) in [6, 6.07) is -5.14. The Hall–Kier alpha value is -8.48. The second-order valence-electron chi connectivity index (χ2n) is 20.6. The van der Waals surface area contributed by atoms with Crippen molar-refractivity contribution in [1.82, 2.24) is 29.9 Å². The lowest BCUT2D eigenvalue weighted by Gasteiger charge is -2.39. The number of benzene rings is 3. The Bertz CT molecular complexity index is 3900. The van der Waals surface area contributed by atoms with E-state index < -0.39 is 221 Å². The van der Waals surface area contributed by atoms with Crippen LogP contribution in [0.3, 0.4) is 0 Å². The second-order valence-corrected chi connectivity index (χ2v) is 20.6. The third kappa shape index (κ3) is 13.2. The number of ether oxygens (including phenoxy) is 4. The van der Waals surface area contributed by atoms with E-state index in [1.165, 1.54) is 0 Å². The molecular formula is C47H18F46N8O4. The van der Waals surface area contributed by atoms with Crippen LogP contribution in [-0.4, -0.2) is 182 Å². The molecule has 0 radical (unpaired) electrons. The molecule has 0 N–H and O–H groups in total. The van der Waals surface area contributed by atoms with Gasteiger partial charge in [-0.05, 0) is 29.7 Å². The number of halogens is 46. The number of alkyl halides is 46. The highest BCUT2D eigenvalue weighted by Gasteiger charge is 2.93. The number of para-hydroxylation sites is 2. The molecule has 58 heteroatoms. The summed E-state index contributed by atoms with van der Waals surface area (Å²) >= 11 is 0. The van der Waals surface area contributed by atoms with Crippen molar-refractivity contribution < 1.29 is 221 Å². The van der Waals surface area contributed by atoms with Crippen molar-refractivity contribution in [2.24, 2.45) is 0 Å². The van der Waals surface area contributed by atoms with Gasteiger partial charge in [-0.3, -0.25) is 9.80 Å². The minimum atomic E-state index is -8.75. The van der Waals surface area contributed by atoms with Gasteiger partial charge in [-0.2, -0.15) is 222 Å². The van der Waals surface area contributed by atoms with Crippen molar-refractivity contribution in [1.29, 1.82) is 0 Å². The molecule has 0 saturated carbocycles. The molecule has 0 amide bonds. The SMILES string of the molecule is FC(F)(F)C(F)(F)C(F)(F)C(F)(F)COc1nc(OCC(F)(F)C(F)(F)C(F)(F)C(F)(F)C(F)(F)F)nc(N2c3ccccc3N(c3nc(OCC(F)(F)C(F)(F)C(F)(F)C(F)(F)C(F)(F)C(F)(F)F)nc(OCC(F)(F)C(F)(F)C(F)(F)C(F)(F)C(F)(F)C(F)(F)F)n3)c3cccc4cccc2c34)n1. The molecular weight excluding hydrogens is 1610 g/mol. The Morgan fingerprint density at radius 1 is 0.219 bits per heavy atom. The van der Waals surface area contributed by atoms with Crippen LogP contribution in [0.2, 0.25) is 0 Å². The summed E-state index contributed by atoms with van der Waals surface area (Å²) in [4.78, 5) is 17.0. The first-order valence-electron chi connectivity index (χ1n) is 25.4. The van der Waals surface area contributed by atoms with Crippen LogP contribution in [0.5, 0.6) is 24.0 Å². The summed E-state index contributed by atoms with van der Waals surface area (Å²) in [6.45, 7) is -15.9. The summed E-state index contributed by atoms with van der Waals surface area (Å²) < 4.78 is 661. The highest BCUT2D eigenvalue weighted by Crippen LogP contribution is 2.64. The van der Waals surface area contributed by atoms with E-state index in [9.17, 15) is 176 Å². The lowest BCUT2D eigenvalue weighted by molar-refractivity contribution is -0.440. The highest BCUT2D eigenvalue weighted by molar-refractivity contribution is 6.12. The molecule has 12 nitrogen and oxygen atoms in total. The van der Waals surface area contributed by atoms with Crippen molar-refractivity contribution in [3.63, 3.8) is 0 Å². The van der Waals surface area contributed by atoms with E-state index in [-0.39, 0.29) is 9.80 Å². The first-order valence-corrected chi connectivity index (χ1v) is 25.4. The fourth-order valence-corrected chi connectivity index (χ4v) is 7.92. The quantitative estimate of drug-likeness (QED) is 0.0457. The van der Waals surface area contributed by atoms with Gasteiger partial charge in [-0.15, -0.1) is 9.97 Å². The standard InChI is InChI=1S/C47H18F46N8O4/c48-27(49,31(56,57)35(64,65)38(70,71)42(78,79)46(88,89)90)11-102-23-94-21(95-24(98-23)103-12-28(50,51)32(58,59)36(66,67)39(72,73)43(80,81)47(91,92)93)100-16-7-1-2-8-17(16)101(19-10-4-6-15-5-3-9-18(100)20(15)19)22-96-25(104-13-29(52,53)33(60,61)37(68,69)41(76,77)45(85,86)87)99-26(97-22)105-14-30(54,55)34(62,63)40(74,75)44(82,83)84/h1-10H,11-14H2. The van der Waals surface area contributed by atoms with Gasteiger partial charge in [0.15, 0.2) is 26.4 Å². The van der Waals surface area contributed by atoms with Crippen LogP contribution in [0.25, 0.3) is 10.8 Å². The van der Waals surface area contributed by atoms with Crippen molar-refractivity contribution in [3.05, 3.63) is 60.7 Å². The Morgan fingerprint density at radius 2 is 0.410 bits per heavy atom. The molecule has 105 heavy (non-hydrogen) atoms. The molecule has 1 aliphatic rings. The van der Waals surface area contributed by atoms with Crippen molar-refractivity contribution in [3.8, 4) is 24.0 Å². The molecule has 1 aliphatic heterocycles. The summed E-state index contributed by atoms with van der Waals surface area (Å²) in [6.07, 6.45) is -31.7. The topological polar surface area (TPSA) is 121 Å². The predicted octanol–water partition coefficient (Wildman–Crippen LogP) is 19.0. The third-order valence-corrected chi connectivity index (χ3v) is 13.6. The second kappa shape index (κ2) is 25.3. The van der Waals surface area contributed by atoms with E-state index >= 15 is 26.3 Å². The number of rotatable bonds is 27. The number of hydrogen-bond acceptors (Lipinski definition) is 12. The van der Waals surface area contributed by atoms with Crippen molar-refractivity contribution in [2.45, 2.75) is 125 Å². The normalized spacial score (nSPS) is 15.6. The van der Waals surface area contributed by atoms with Crippen molar-refractivity contribution in [2.75, 3.05) is 36.2 Å². The Kier molecular flexibility index (Phi) is 20.6. The van der Waals surface area contributed by atoms with Gasteiger partial charge < -0.3 is 18.9 Å². The lowest BCUT2D eigenvalue weighted by atomic mass is 9.94. The highest BCUT2D eigenvalue weighted by atomic mass is 19.5. The minimum Gasteiger partial charge on any atom is -0.457 e. The largest absolute Gasteiger partial charge is 0.460 e. The van der Waals surface area contributed by atoms with Gasteiger partial charge in [0.05, 0.1) is 22.7 Å². The van der Waals surface area contributed by atoms with Crippen LogP contribution in [0, 0.1) is 0 Å². The molecule has 0 spiro atoms. The zero-order chi connectivity index (χ0) is 81.6. The van der Waals surface area contributed by atoms with Gasteiger partial charge in [0.1, 0.15) is 0 Å². The Balaban J connectivity index is 1.65. The van der Waals surface area contributed by atoms with Crippen LogP contribution >= 0.6 is 0 Å². The van der Waals surface area contributed by atoms with E-state index in [0.717, 1.165) is 12.1 Å². The Labute approximate surface area is 542 Å². The molecule has 2 aromatic heterocycles. The molecule has 6 rings (SSSR count). The number of hydrogen-bond donors (Lipinski definition) is 0. The average Bonchev–Trinajstić information content (AvgIpc) is 1.39. The summed E-state index contributed by atoms with van der Waals surface area (Å²) in [7, 11) is 0. The van der Waals surface area contributed by atoms with Gasteiger partial charge in [0, 0.05) is 5.39 Å². The maximum absolute atomic E-state index is 15.2. The van der Waals surface area contributed by atoms with E-state index in [1.54, 1.807) is 0 Å². The fourth-order valence-electron chi connectivity index (χ4n) is 7.92. The van der Waals surface area contributed by atoms with Crippen molar-refractivity contribution >= 4 is 45.4 Å². The first kappa shape index (κ1) is 85.4. The van der Waals surface area contributed by atoms with E-state index in [2.05, 4.69) is 48.9 Å². The molecule has 0 bridgehead atoms. The van der Waals surface area contributed by atoms with E-state index in [0.29, 0.717) is 48.5 Å². The molecule has 0 saturated heterocycles. The predicted molar refractivity (Wildman–Crippen MR) is 244 cm³/mol. The molecule has 3 heterocycles. The number of anilines is 6. The maximum Gasteiger partial charge on any atom is 0.460 e. The summed E-state index contributed by atoms with van der Waals surface area (Å²) in [5.74, 6) is -143. The molecule has 0 unspecified atom stereocenters. The number of aromatic nitrogens is 6.